The number of halogens is 3. The predicted molar refractivity (Wildman–Crippen MR) is 97.8 cm³/mol. The average molecular weight is 399 g/mol. The van der Waals surface area contributed by atoms with Crippen LogP contribution in [0.3, 0.4) is 0 Å². The van der Waals surface area contributed by atoms with E-state index in [9.17, 15) is 22.8 Å². The molecule has 1 amide bonds. The van der Waals surface area contributed by atoms with Crippen molar-refractivity contribution in [1.82, 2.24) is 4.90 Å². The van der Waals surface area contributed by atoms with Crippen molar-refractivity contribution in [3.63, 3.8) is 0 Å². The van der Waals surface area contributed by atoms with Crippen LogP contribution in [0.25, 0.3) is 5.57 Å². The first kappa shape index (κ1) is 21.8. The Labute approximate surface area is 162 Å². The molecule has 5 nitrogen and oxygen atoms in total. The molecule has 0 radical (unpaired) electrons. The fourth-order valence-corrected chi connectivity index (χ4v) is 2.82. The summed E-state index contributed by atoms with van der Waals surface area (Å²) < 4.78 is 51.0. The lowest BCUT2D eigenvalue weighted by molar-refractivity contribution is -0.137. The van der Waals surface area contributed by atoms with Gasteiger partial charge in [-0.2, -0.15) is 13.2 Å². The van der Waals surface area contributed by atoms with Crippen LogP contribution >= 0.6 is 0 Å². The zero-order chi connectivity index (χ0) is 21.1. The van der Waals surface area contributed by atoms with Crippen molar-refractivity contribution < 1.29 is 32.2 Å². The first-order valence-corrected chi connectivity index (χ1v) is 8.98. The van der Waals surface area contributed by atoms with Gasteiger partial charge in [0.1, 0.15) is 5.60 Å². The van der Waals surface area contributed by atoms with Gasteiger partial charge >= 0.3 is 18.2 Å². The largest absolute Gasteiger partial charge is 0.462 e. The highest BCUT2D eigenvalue weighted by Crippen LogP contribution is 2.37. The van der Waals surface area contributed by atoms with Gasteiger partial charge in [-0.15, -0.1) is 0 Å². The maximum Gasteiger partial charge on any atom is 0.417 e. The van der Waals surface area contributed by atoms with E-state index in [1.54, 1.807) is 33.8 Å². The number of esters is 1. The van der Waals surface area contributed by atoms with Gasteiger partial charge in [-0.05, 0) is 57.4 Å². The summed E-state index contributed by atoms with van der Waals surface area (Å²) in [6, 6.07) is 3.34. The molecule has 0 fully saturated rings. The van der Waals surface area contributed by atoms with Gasteiger partial charge in [-0.25, -0.2) is 9.59 Å². The molecule has 0 bridgehead atoms. The molecular formula is C20H24F3NO4. The Kier molecular flexibility index (Phi) is 6.41. The van der Waals surface area contributed by atoms with Gasteiger partial charge in [0.05, 0.1) is 17.7 Å². The third-order valence-electron chi connectivity index (χ3n) is 3.98. The number of amides is 1. The van der Waals surface area contributed by atoms with Crippen molar-refractivity contribution in [2.75, 3.05) is 19.7 Å². The van der Waals surface area contributed by atoms with Gasteiger partial charge in [-0.3, -0.25) is 0 Å². The molecule has 0 spiro atoms. The Hall–Kier alpha value is -2.51. The molecule has 0 unspecified atom stereocenters. The smallest absolute Gasteiger partial charge is 0.417 e. The number of benzene rings is 1. The molecular weight excluding hydrogens is 375 g/mol. The monoisotopic (exact) mass is 399 g/mol. The maximum absolute atomic E-state index is 13.6. The number of nitrogens with zero attached hydrogens (tertiary/aromatic N) is 1. The Bertz CT molecular complexity index is 779. The molecule has 0 aromatic heterocycles. The van der Waals surface area contributed by atoms with E-state index in [1.807, 2.05) is 0 Å². The predicted octanol–water partition coefficient (Wildman–Crippen LogP) is 4.91. The SMILES string of the molecule is CCOC(=O)c1ccc(C2=CCCN(C(=O)OC(C)(C)C)C2)c(C(F)(F)F)c1. The second kappa shape index (κ2) is 8.24. The molecule has 0 saturated carbocycles. The van der Waals surface area contributed by atoms with Crippen molar-refractivity contribution in [3.8, 4) is 0 Å². The molecule has 1 aliphatic rings. The van der Waals surface area contributed by atoms with Crippen LogP contribution in [0.2, 0.25) is 0 Å². The molecule has 0 aliphatic carbocycles. The number of carbonyl (C=O) groups excluding carboxylic acids is 2. The van der Waals surface area contributed by atoms with E-state index >= 15 is 0 Å². The second-order valence-corrected chi connectivity index (χ2v) is 7.40. The highest BCUT2D eigenvalue weighted by atomic mass is 19.4. The summed E-state index contributed by atoms with van der Waals surface area (Å²) in [4.78, 5) is 25.5. The van der Waals surface area contributed by atoms with Crippen molar-refractivity contribution in [1.29, 1.82) is 0 Å². The van der Waals surface area contributed by atoms with Crippen molar-refractivity contribution in [2.24, 2.45) is 0 Å². The number of hydrogen-bond acceptors (Lipinski definition) is 4. The summed E-state index contributed by atoms with van der Waals surface area (Å²) in [5, 5.41) is 0. The molecule has 0 atom stereocenters. The van der Waals surface area contributed by atoms with Crippen LogP contribution in [0, 0.1) is 0 Å². The molecule has 1 aromatic rings. The first-order chi connectivity index (χ1) is 12.9. The number of ether oxygens (including phenoxy) is 2. The number of alkyl halides is 3. The van der Waals surface area contributed by atoms with Gasteiger partial charge in [0.2, 0.25) is 0 Å². The summed E-state index contributed by atoms with van der Waals surface area (Å²) in [5.41, 5.74) is -1.50. The highest BCUT2D eigenvalue weighted by Gasteiger charge is 2.36. The maximum atomic E-state index is 13.6. The zero-order valence-corrected chi connectivity index (χ0v) is 16.4. The van der Waals surface area contributed by atoms with Gasteiger partial charge in [0.25, 0.3) is 0 Å². The highest BCUT2D eigenvalue weighted by molar-refractivity contribution is 5.90. The van der Waals surface area contributed by atoms with Gasteiger partial charge in [0.15, 0.2) is 0 Å². The van der Waals surface area contributed by atoms with Crippen molar-refractivity contribution in [3.05, 3.63) is 41.0 Å². The minimum absolute atomic E-state index is 0.00323. The normalized spacial score (nSPS) is 15.1. The van der Waals surface area contributed by atoms with E-state index in [4.69, 9.17) is 9.47 Å². The van der Waals surface area contributed by atoms with E-state index in [0.29, 0.717) is 18.5 Å². The number of carbonyl (C=O) groups is 2. The van der Waals surface area contributed by atoms with Crippen LogP contribution in [0.4, 0.5) is 18.0 Å². The summed E-state index contributed by atoms with van der Waals surface area (Å²) >= 11 is 0. The van der Waals surface area contributed by atoms with E-state index < -0.39 is 29.4 Å². The number of hydrogen-bond donors (Lipinski definition) is 0. The quantitative estimate of drug-likeness (QED) is 0.678. The lowest BCUT2D eigenvalue weighted by Crippen LogP contribution is -2.39. The third kappa shape index (κ3) is 5.50. The molecule has 8 heteroatoms. The van der Waals surface area contributed by atoms with E-state index in [-0.39, 0.29) is 24.3 Å². The van der Waals surface area contributed by atoms with Crippen molar-refractivity contribution >= 4 is 17.6 Å². The molecule has 0 saturated heterocycles. The summed E-state index contributed by atoms with van der Waals surface area (Å²) in [6.45, 7) is 7.18. The van der Waals surface area contributed by atoms with Crippen molar-refractivity contribution in [2.45, 2.75) is 45.9 Å². The van der Waals surface area contributed by atoms with Crippen LogP contribution in [0.15, 0.2) is 24.3 Å². The minimum Gasteiger partial charge on any atom is -0.462 e. The van der Waals surface area contributed by atoms with E-state index in [1.165, 1.54) is 17.0 Å². The van der Waals surface area contributed by atoms with Gasteiger partial charge in [0, 0.05) is 13.1 Å². The summed E-state index contributed by atoms with van der Waals surface area (Å²) in [7, 11) is 0. The fourth-order valence-electron chi connectivity index (χ4n) is 2.82. The summed E-state index contributed by atoms with van der Waals surface area (Å²) in [6.07, 6.45) is -3.15. The Balaban J connectivity index is 2.34. The first-order valence-electron chi connectivity index (χ1n) is 8.98. The van der Waals surface area contributed by atoms with E-state index in [0.717, 1.165) is 6.07 Å². The van der Waals surface area contributed by atoms with Crippen LogP contribution < -0.4 is 0 Å². The molecule has 0 N–H and O–H groups in total. The van der Waals surface area contributed by atoms with Crippen LogP contribution in [0.5, 0.6) is 0 Å². The van der Waals surface area contributed by atoms with Crippen LogP contribution in [0.1, 0.15) is 55.6 Å². The molecule has 1 aromatic carbocycles. The second-order valence-electron chi connectivity index (χ2n) is 7.40. The Morgan fingerprint density at radius 1 is 1.18 bits per heavy atom. The molecule has 28 heavy (non-hydrogen) atoms. The van der Waals surface area contributed by atoms with Crippen LogP contribution in [-0.2, 0) is 15.7 Å². The fraction of sp³-hybridized carbons (Fsp3) is 0.500. The lowest BCUT2D eigenvalue weighted by atomic mass is 9.94. The standard InChI is InChI=1S/C20H24F3NO4/c1-5-27-17(25)13-8-9-15(16(11-13)20(21,22)23)14-7-6-10-24(12-14)18(26)28-19(2,3)4/h7-9,11H,5-6,10,12H2,1-4H3. The number of rotatable bonds is 3. The molecule has 1 aliphatic heterocycles. The van der Waals surface area contributed by atoms with Crippen LogP contribution in [-0.4, -0.2) is 42.3 Å². The molecule has 154 valence electrons. The molecule has 2 rings (SSSR count). The average Bonchev–Trinajstić information content (AvgIpc) is 2.59. The topological polar surface area (TPSA) is 55.8 Å². The minimum atomic E-state index is -4.66. The Morgan fingerprint density at radius 3 is 2.43 bits per heavy atom. The van der Waals surface area contributed by atoms with E-state index in [2.05, 4.69) is 0 Å². The Morgan fingerprint density at radius 2 is 1.86 bits per heavy atom. The molecule has 1 heterocycles. The van der Waals surface area contributed by atoms with Gasteiger partial charge in [-0.1, -0.05) is 12.1 Å². The van der Waals surface area contributed by atoms with Gasteiger partial charge < -0.3 is 14.4 Å². The lowest BCUT2D eigenvalue weighted by Gasteiger charge is -2.31. The third-order valence-corrected chi connectivity index (χ3v) is 3.98. The zero-order valence-electron chi connectivity index (χ0n) is 16.4. The summed E-state index contributed by atoms with van der Waals surface area (Å²) in [5.74, 6) is -0.812.